The maximum Gasteiger partial charge on any atom is 0.253 e. The van der Waals surface area contributed by atoms with Crippen molar-refractivity contribution in [3.05, 3.63) is 86.3 Å². The number of aryl methyl sites for hydroxylation is 2. The Kier molecular flexibility index (Phi) is 8.71. The third-order valence-corrected chi connectivity index (χ3v) is 9.51. The lowest BCUT2D eigenvalue weighted by molar-refractivity contribution is 0.0273. The standard InChI is InChI=1S/C35H44N4O4/c1-5-39(28-10-12-42-13-11-28)33-16-27(26-8-6-25(7-9-26)19-38-20-30-17-29(38)21-43-30)15-31(24(33)4)34(40)36-18-32-22(2)14-23(3)37-35(32)41/h6-9,14-16,28-30H,5,10-13,17-21H2,1-4H3,(H,36,40)(H,37,41)/t29-,30?/m0/s1. The van der Waals surface area contributed by atoms with Crippen LogP contribution in [0.5, 0.6) is 0 Å². The number of carbonyl (C=O) groups excluding carboxylic acids is 1. The van der Waals surface area contributed by atoms with Gasteiger partial charge in [0.15, 0.2) is 0 Å². The van der Waals surface area contributed by atoms with Gasteiger partial charge in [-0.25, -0.2) is 0 Å². The first-order valence-electron chi connectivity index (χ1n) is 15.7. The number of carbonyl (C=O) groups is 1. The number of ether oxygens (including phenoxy) is 2. The minimum absolute atomic E-state index is 0.157. The Bertz CT molecular complexity index is 1530. The first-order chi connectivity index (χ1) is 20.8. The molecule has 0 aliphatic carbocycles. The highest BCUT2D eigenvalue weighted by atomic mass is 16.5. The highest BCUT2D eigenvalue weighted by Gasteiger charge is 2.38. The largest absolute Gasteiger partial charge is 0.381 e. The minimum Gasteiger partial charge on any atom is -0.381 e. The van der Waals surface area contributed by atoms with E-state index in [4.69, 9.17) is 9.47 Å². The summed E-state index contributed by atoms with van der Waals surface area (Å²) in [6.07, 6.45) is 3.47. The third kappa shape index (κ3) is 6.28. The molecule has 2 bridgehead atoms. The smallest absolute Gasteiger partial charge is 0.253 e. The Morgan fingerprint density at radius 3 is 2.49 bits per heavy atom. The SMILES string of the molecule is CCN(c1cc(-c2ccc(CN3CC4C[C@H]3CO4)cc2)cc(C(=O)NCc2c(C)cc(C)[nH]c2=O)c1C)C1CCOCC1. The summed E-state index contributed by atoms with van der Waals surface area (Å²) in [6.45, 7) is 13.3. The van der Waals surface area contributed by atoms with Gasteiger partial charge in [-0.2, -0.15) is 0 Å². The fourth-order valence-electron chi connectivity index (χ4n) is 7.10. The number of benzene rings is 2. The molecule has 2 aromatic carbocycles. The number of likely N-dealkylation sites (tertiary alicyclic amines) is 1. The van der Waals surface area contributed by atoms with E-state index in [2.05, 4.69) is 57.4 Å². The average Bonchev–Trinajstić information content (AvgIpc) is 3.62. The Labute approximate surface area is 254 Å². The molecule has 8 nitrogen and oxygen atoms in total. The van der Waals surface area contributed by atoms with E-state index in [0.717, 1.165) is 92.4 Å². The summed E-state index contributed by atoms with van der Waals surface area (Å²) in [5.41, 5.74) is 8.17. The summed E-state index contributed by atoms with van der Waals surface area (Å²) in [4.78, 5) is 34.2. The molecule has 1 unspecified atom stereocenters. The van der Waals surface area contributed by atoms with Gasteiger partial charge < -0.3 is 24.7 Å². The molecule has 3 aliphatic rings. The number of aromatic amines is 1. The number of nitrogens with zero attached hydrogens (tertiary/aromatic N) is 2. The van der Waals surface area contributed by atoms with Gasteiger partial charge in [-0.05, 0) is 93.0 Å². The average molecular weight is 585 g/mol. The molecule has 3 aliphatic heterocycles. The first-order valence-corrected chi connectivity index (χ1v) is 15.7. The second kappa shape index (κ2) is 12.6. The molecular formula is C35H44N4O4. The number of anilines is 1. The van der Waals surface area contributed by atoms with Crippen LogP contribution in [0.2, 0.25) is 0 Å². The van der Waals surface area contributed by atoms with Crippen molar-refractivity contribution in [1.82, 2.24) is 15.2 Å². The van der Waals surface area contributed by atoms with Crippen molar-refractivity contribution >= 4 is 11.6 Å². The Morgan fingerprint density at radius 1 is 1.07 bits per heavy atom. The van der Waals surface area contributed by atoms with Gasteiger partial charge in [0.25, 0.3) is 11.5 Å². The second-order valence-corrected chi connectivity index (χ2v) is 12.4. The molecule has 8 heteroatoms. The Hall–Kier alpha value is -3.46. The van der Waals surface area contributed by atoms with Gasteiger partial charge in [0, 0.05) is 74.0 Å². The van der Waals surface area contributed by atoms with Gasteiger partial charge in [-0.1, -0.05) is 24.3 Å². The Balaban J connectivity index is 1.30. The molecule has 4 heterocycles. The van der Waals surface area contributed by atoms with Gasteiger partial charge in [0.1, 0.15) is 0 Å². The number of pyridine rings is 1. The minimum atomic E-state index is -0.175. The Morgan fingerprint density at radius 2 is 1.84 bits per heavy atom. The maximum atomic E-state index is 13.8. The van der Waals surface area contributed by atoms with Crippen LogP contribution in [0, 0.1) is 20.8 Å². The number of H-pyrrole nitrogens is 1. The lowest BCUT2D eigenvalue weighted by atomic mass is 9.94. The van der Waals surface area contributed by atoms with E-state index < -0.39 is 0 Å². The van der Waals surface area contributed by atoms with Crippen LogP contribution in [-0.2, 0) is 22.6 Å². The third-order valence-electron chi connectivity index (χ3n) is 9.51. The fraction of sp³-hybridized carbons (Fsp3) is 0.486. The molecule has 1 aromatic heterocycles. The van der Waals surface area contributed by atoms with Crippen molar-refractivity contribution in [3.8, 4) is 11.1 Å². The normalized spacial score (nSPS) is 20.5. The molecule has 3 saturated heterocycles. The number of fused-ring (bicyclic) bond motifs is 2. The molecule has 0 saturated carbocycles. The van der Waals surface area contributed by atoms with Gasteiger partial charge >= 0.3 is 0 Å². The molecule has 2 N–H and O–H groups in total. The van der Waals surface area contributed by atoms with E-state index >= 15 is 0 Å². The highest BCUT2D eigenvalue weighted by molar-refractivity contribution is 5.99. The molecule has 0 radical (unpaired) electrons. The van der Waals surface area contributed by atoms with Gasteiger partial charge in [-0.3, -0.25) is 14.5 Å². The van der Waals surface area contributed by atoms with Crippen LogP contribution >= 0.6 is 0 Å². The van der Waals surface area contributed by atoms with Gasteiger partial charge in [0.05, 0.1) is 12.7 Å². The van der Waals surface area contributed by atoms with Crippen LogP contribution in [0.1, 0.15) is 64.5 Å². The monoisotopic (exact) mass is 584 g/mol. The van der Waals surface area contributed by atoms with E-state index in [-0.39, 0.29) is 18.0 Å². The van der Waals surface area contributed by atoms with E-state index in [0.29, 0.717) is 29.3 Å². The van der Waals surface area contributed by atoms with Crippen molar-refractivity contribution in [1.29, 1.82) is 0 Å². The van der Waals surface area contributed by atoms with E-state index in [1.165, 1.54) is 5.56 Å². The number of rotatable bonds is 9. The second-order valence-electron chi connectivity index (χ2n) is 12.4. The van der Waals surface area contributed by atoms with Crippen molar-refractivity contribution in [3.63, 3.8) is 0 Å². The molecule has 6 rings (SSSR count). The maximum absolute atomic E-state index is 13.8. The lowest BCUT2D eigenvalue weighted by Crippen LogP contribution is -2.40. The van der Waals surface area contributed by atoms with Crippen molar-refractivity contribution in [2.45, 2.75) is 78.2 Å². The molecule has 43 heavy (non-hydrogen) atoms. The van der Waals surface area contributed by atoms with Crippen LogP contribution in [0.4, 0.5) is 5.69 Å². The van der Waals surface area contributed by atoms with E-state index in [1.807, 2.05) is 32.9 Å². The molecule has 0 spiro atoms. The summed E-state index contributed by atoms with van der Waals surface area (Å²) in [7, 11) is 0. The van der Waals surface area contributed by atoms with Gasteiger partial charge in [0.2, 0.25) is 0 Å². The topological polar surface area (TPSA) is 86.9 Å². The quantitative estimate of drug-likeness (QED) is 0.373. The zero-order valence-corrected chi connectivity index (χ0v) is 25.9. The predicted octanol–water partition coefficient (Wildman–Crippen LogP) is 4.88. The zero-order valence-electron chi connectivity index (χ0n) is 25.9. The van der Waals surface area contributed by atoms with E-state index in [9.17, 15) is 9.59 Å². The molecule has 228 valence electrons. The van der Waals surface area contributed by atoms with Gasteiger partial charge in [-0.15, -0.1) is 0 Å². The summed E-state index contributed by atoms with van der Waals surface area (Å²) in [5, 5.41) is 3.05. The molecule has 1 amide bonds. The number of hydrogen-bond acceptors (Lipinski definition) is 6. The highest BCUT2D eigenvalue weighted by Crippen LogP contribution is 2.35. The van der Waals surface area contributed by atoms with Crippen molar-refractivity contribution in [2.24, 2.45) is 0 Å². The van der Waals surface area contributed by atoms with Crippen molar-refractivity contribution < 1.29 is 14.3 Å². The zero-order chi connectivity index (χ0) is 30.1. The first kappa shape index (κ1) is 29.6. The number of amides is 1. The van der Waals surface area contributed by atoms with E-state index in [1.54, 1.807) is 0 Å². The fourth-order valence-corrected chi connectivity index (χ4v) is 7.10. The van der Waals surface area contributed by atoms with Crippen LogP contribution in [0.3, 0.4) is 0 Å². The molecule has 2 atom stereocenters. The summed E-state index contributed by atoms with van der Waals surface area (Å²) in [6, 6.07) is 15.9. The number of morpholine rings is 1. The molecule has 3 aromatic rings. The summed E-state index contributed by atoms with van der Waals surface area (Å²) >= 11 is 0. The van der Waals surface area contributed by atoms with Crippen LogP contribution in [0.25, 0.3) is 11.1 Å². The predicted molar refractivity (Wildman–Crippen MR) is 170 cm³/mol. The molecular weight excluding hydrogens is 540 g/mol. The van der Waals surface area contributed by atoms with Crippen LogP contribution in [-0.4, -0.2) is 66.9 Å². The van der Waals surface area contributed by atoms with Crippen LogP contribution in [0.15, 0.2) is 47.3 Å². The van der Waals surface area contributed by atoms with Crippen molar-refractivity contribution in [2.75, 3.05) is 37.8 Å². The number of hydrogen-bond donors (Lipinski definition) is 2. The number of nitrogens with one attached hydrogen (secondary N) is 2. The number of aromatic nitrogens is 1. The van der Waals surface area contributed by atoms with Crippen LogP contribution < -0.4 is 15.8 Å². The lowest BCUT2D eigenvalue weighted by Gasteiger charge is -2.37. The summed E-state index contributed by atoms with van der Waals surface area (Å²) < 4.78 is 11.4. The molecule has 3 fully saturated rings. The summed E-state index contributed by atoms with van der Waals surface area (Å²) in [5.74, 6) is -0.175.